The first-order chi connectivity index (χ1) is 5.64. The van der Waals surface area contributed by atoms with Gasteiger partial charge in [-0.15, -0.1) is 0 Å². The van der Waals surface area contributed by atoms with E-state index < -0.39 is 0 Å². The number of hydrogen-bond donors (Lipinski definition) is 1. The van der Waals surface area contributed by atoms with Crippen LogP contribution in [-0.4, -0.2) is 5.54 Å². The van der Waals surface area contributed by atoms with E-state index in [-0.39, 0.29) is 5.54 Å². The molecule has 12 heavy (non-hydrogen) atoms. The molecule has 1 N–H and O–H groups in total. The SMILES string of the molecule is CCC(C)(C)Nc1cc[c]cc1. The number of rotatable bonds is 3. The molecule has 1 aromatic rings. The van der Waals surface area contributed by atoms with Crippen molar-refractivity contribution in [2.24, 2.45) is 0 Å². The zero-order chi connectivity index (χ0) is 9.03. The molecule has 1 heteroatoms. The molecular formula is C11H16N. The number of nitrogens with one attached hydrogen (secondary N) is 1. The van der Waals surface area contributed by atoms with Gasteiger partial charge in [0.15, 0.2) is 0 Å². The van der Waals surface area contributed by atoms with Gasteiger partial charge in [0.25, 0.3) is 0 Å². The molecule has 0 aliphatic heterocycles. The molecule has 0 spiro atoms. The summed E-state index contributed by atoms with van der Waals surface area (Å²) in [6.45, 7) is 6.58. The van der Waals surface area contributed by atoms with Crippen molar-refractivity contribution in [2.45, 2.75) is 32.7 Å². The molecule has 0 heterocycles. The standard InChI is InChI=1S/C11H16N/c1-4-11(2,3)12-10-8-6-5-7-9-10/h6-9,12H,4H2,1-3H3. The molecule has 1 nitrogen and oxygen atoms in total. The van der Waals surface area contributed by atoms with Crippen molar-refractivity contribution in [3.8, 4) is 0 Å². The lowest BCUT2D eigenvalue weighted by atomic mass is 10.0. The quantitative estimate of drug-likeness (QED) is 0.720. The summed E-state index contributed by atoms with van der Waals surface area (Å²) in [5.41, 5.74) is 1.35. The van der Waals surface area contributed by atoms with E-state index in [4.69, 9.17) is 0 Å². The highest BCUT2D eigenvalue weighted by molar-refractivity contribution is 5.44. The minimum absolute atomic E-state index is 0.182. The van der Waals surface area contributed by atoms with Gasteiger partial charge in [-0.1, -0.05) is 19.1 Å². The van der Waals surface area contributed by atoms with Crippen LogP contribution < -0.4 is 5.32 Å². The molecule has 65 valence electrons. The topological polar surface area (TPSA) is 12.0 Å². The van der Waals surface area contributed by atoms with Crippen molar-refractivity contribution in [1.82, 2.24) is 0 Å². The lowest BCUT2D eigenvalue weighted by molar-refractivity contribution is 0.547. The van der Waals surface area contributed by atoms with E-state index in [2.05, 4.69) is 32.2 Å². The van der Waals surface area contributed by atoms with Crippen LogP contribution in [0.5, 0.6) is 0 Å². The molecule has 0 bridgehead atoms. The van der Waals surface area contributed by atoms with E-state index in [1.807, 2.05) is 24.3 Å². The summed E-state index contributed by atoms with van der Waals surface area (Å²) < 4.78 is 0. The number of benzene rings is 1. The second kappa shape index (κ2) is 3.61. The Kier molecular flexibility index (Phi) is 2.74. The third kappa shape index (κ3) is 2.57. The van der Waals surface area contributed by atoms with Gasteiger partial charge in [0, 0.05) is 11.2 Å². The molecule has 0 atom stereocenters. The van der Waals surface area contributed by atoms with E-state index in [0.717, 1.165) is 6.42 Å². The van der Waals surface area contributed by atoms with Gasteiger partial charge in [-0.05, 0) is 38.5 Å². The Morgan fingerprint density at radius 2 is 1.92 bits per heavy atom. The highest BCUT2D eigenvalue weighted by Gasteiger charge is 2.13. The van der Waals surface area contributed by atoms with Gasteiger partial charge in [0.1, 0.15) is 0 Å². The van der Waals surface area contributed by atoms with E-state index in [0.29, 0.717) is 0 Å². The Balaban J connectivity index is 2.64. The van der Waals surface area contributed by atoms with Crippen molar-refractivity contribution in [3.63, 3.8) is 0 Å². The maximum Gasteiger partial charge on any atom is 0.0344 e. The summed E-state index contributed by atoms with van der Waals surface area (Å²) >= 11 is 0. The van der Waals surface area contributed by atoms with Crippen LogP contribution in [-0.2, 0) is 0 Å². The third-order valence-corrected chi connectivity index (χ3v) is 2.08. The highest BCUT2D eigenvalue weighted by atomic mass is 15.0. The van der Waals surface area contributed by atoms with Crippen LogP contribution in [0, 0.1) is 6.07 Å². The van der Waals surface area contributed by atoms with E-state index in [1.54, 1.807) is 0 Å². The van der Waals surface area contributed by atoms with Crippen LogP contribution >= 0.6 is 0 Å². The lowest BCUT2D eigenvalue weighted by Crippen LogP contribution is -2.29. The van der Waals surface area contributed by atoms with Crippen molar-refractivity contribution in [2.75, 3.05) is 5.32 Å². The van der Waals surface area contributed by atoms with Gasteiger partial charge >= 0.3 is 0 Å². The summed E-state index contributed by atoms with van der Waals surface area (Å²) in [6.07, 6.45) is 1.12. The molecule has 0 aromatic heterocycles. The predicted molar refractivity (Wildman–Crippen MR) is 53.3 cm³/mol. The average molecular weight is 162 g/mol. The fourth-order valence-electron chi connectivity index (χ4n) is 0.949. The number of hydrogen-bond acceptors (Lipinski definition) is 1. The molecule has 0 unspecified atom stereocenters. The Bertz CT molecular complexity index is 226. The molecule has 0 fully saturated rings. The van der Waals surface area contributed by atoms with Crippen LogP contribution in [0.25, 0.3) is 0 Å². The highest BCUT2D eigenvalue weighted by Crippen LogP contribution is 2.16. The van der Waals surface area contributed by atoms with Gasteiger partial charge in [-0.25, -0.2) is 0 Å². The zero-order valence-corrected chi connectivity index (χ0v) is 8.02. The zero-order valence-electron chi connectivity index (χ0n) is 8.02. The third-order valence-electron chi connectivity index (χ3n) is 2.08. The smallest absolute Gasteiger partial charge is 0.0344 e. The Morgan fingerprint density at radius 3 is 2.42 bits per heavy atom. The second-order valence-electron chi connectivity index (χ2n) is 3.65. The van der Waals surface area contributed by atoms with Crippen molar-refractivity contribution in [3.05, 3.63) is 30.3 Å². The fourth-order valence-corrected chi connectivity index (χ4v) is 0.949. The molecule has 0 saturated carbocycles. The van der Waals surface area contributed by atoms with Crippen molar-refractivity contribution >= 4 is 5.69 Å². The van der Waals surface area contributed by atoms with Crippen LogP contribution in [0.4, 0.5) is 5.69 Å². The summed E-state index contributed by atoms with van der Waals surface area (Å²) in [5, 5.41) is 3.45. The molecule has 0 aliphatic carbocycles. The molecule has 0 saturated heterocycles. The first-order valence-electron chi connectivity index (χ1n) is 4.38. The largest absolute Gasteiger partial charge is 0.380 e. The Morgan fingerprint density at radius 1 is 1.33 bits per heavy atom. The normalized spacial score (nSPS) is 11.2. The maximum atomic E-state index is 3.45. The van der Waals surface area contributed by atoms with E-state index >= 15 is 0 Å². The van der Waals surface area contributed by atoms with Gasteiger partial charge in [0.05, 0.1) is 0 Å². The van der Waals surface area contributed by atoms with Gasteiger partial charge < -0.3 is 5.32 Å². The minimum atomic E-state index is 0.182. The summed E-state index contributed by atoms with van der Waals surface area (Å²) in [4.78, 5) is 0. The van der Waals surface area contributed by atoms with E-state index in [9.17, 15) is 0 Å². The van der Waals surface area contributed by atoms with Gasteiger partial charge in [-0.3, -0.25) is 0 Å². The summed E-state index contributed by atoms with van der Waals surface area (Å²) in [5.74, 6) is 0. The van der Waals surface area contributed by atoms with Crippen LogP contribution in [0.2, 0.25) is 0 Å². The fraction of sp³-hybridized carbons (Fsp3) is 0.455. The predicted octanol–water partition coefficient (Wildman–Crippen LogP) is 3.09. The van der Waals surface area contributed by atoms with Crippen LogP contribution in [0.15, 0.2) is 24.3 Å². The molecule has 0 amide bonds. The average Bonchev–Trinajstić information content (AvgIpc) is 2.06. The van der Waals surface area contributed by atoms with Crippen LogP contribution in [0.3, 0.4) is 0 Å². The van der Waals surface area contributed by atoms with Gasteiger partial charge in [0.2, 0.25) is 0 Å². The molecule has 0 aliphatic rings. The molecule has 1 radical (unpaired) electrons. The maximum absolute atomic E-state index is 3.45. The number of anilines is 1. The minimum Gasteiger partial charge on any atom is -0.380 e. The second-order valence-corrected chi connectivity index (χ2v) is 3.65. The Labute approximate surface area is 74.8 Å². The Hall–Kier alpha value is -0.980. The molecule has 1 rings (SSSR count). The van der Waals surface area contributed by atoms with Gasteiger partial charge in [-0.2, -0.15) is 0 Å². The lowest BCUT2D eigenvalue weighted by Gasteiger charge is -2.25. The van der Waals surface area contributed by atoms with Crippen LogP contribution in [0.1, 0.15) is 27.2 Å². The van der Waals surface area contributed by atoms with E-state index in [1.165, 1.54) is 5.69 Å². The monoisotopic (exact) mass is 162 g/mol. The molecular weight excluding hydrogens is 146 g/mol. The summed E-state index contributed by atoms with van der Waals surface area (Å²) in [6, 6.07) is 10.9. The summed E-state index contributed by atoms with van der Waals surface area (Å²) in [7, 11) is 0. The molecule has 1 aromatic carbocycles. The first-order valence-corrected chi connectivity index (χ1v) is 4.38. The van der Waals surface area contributed by atoms with Crippen molar-refractivity contribution < 1.29 is 0 Å². The first kappa shape index (κ1) is 9.11. The van der Waals surface area contributed by atoms with Crippen molar-refractivity contribution in [1.29, 1.82) is 0 Å².